The molecule has 1 saturated carbocycles. The molecule has 2 aromatic carbocycles. The van der Waals surface area contributed by atoms with Crippen LogP contribution in [0.2, 0.25) is 0 Å². The molecule has 0 saturated heterocycles. The minimum atomic E-state index is 0.183. The van der Waals surface area contributed by atoms with Crippen LogP contribution in [0.25, 0.3) is 0 Å². The third-order valence-electron chi connectivity index (χ3n) is 4.01. The van der Waals surface area contributed by atoms with Crippen molar-refractivity contribution in [3.8, 4) is 0 Å². The molecule has 0 amide bonds. The van der Waals surface area contributed by atoms with Crippen molar-refractivity contribution >= 4 is 5.78 Å². The second-order valence-corrected chi connectivity index (χ2v) is 5.54. The molecule has 96 valence electrons. The normalized spacial score (nSPS) is 21.2. The molecule has 1 aliphatic rings. The van der Waals surface area contributed by atoms with Gasteiger partial charge < -0.3 is 0 Å². The van der Waals surface area contributed by atoms with Gasteiger partial charge in [0.1, 0.15) is 0 Å². The summed E-state index contributed by atoms with van der Waals surface area (Å²) in [5, 5.41) is 0. The van der Waals surface area contributed by atoms with Gasteiger partial charge in [-0.1, -0.05) is 48.0 Å². The summed E-state index contributed by atoms with van der Waals surface area (Å²) in [6, 6.07) is 16.5. The van der Waals surface area contributed by atoms with Crippen molar-refractivity contribution in [2.75, 3.05) is 0 Å². The average Bonchev–Trinajstić information content (AvgIpc) is 3.22. The Kier molecular flexibility index (Phi) is 2.98. The van der Waals surface area contributed by atoms with Crippen LogP contribution in [0.1, 0.15) is 39.4 Å². The van der Waals surface area contributed by atoms with Crippen molar-refractivity contribution in [2.45, 2.75) is 26.2 Å². The van der Waals surface area contributed by atoms with Gasteiger partial charge >= 0.3 is 0 Å². The van der Waals surface area contributed by atoms with E-state index in [1.54, 1.807) is 0 Å². The molecule has 2 unspecified atom stereocenters. The van der Waals surface area contributed by atoms with E-state index in [4.69, 9.17) is 0 Å². The van der Waals surface area contributed by atoms with E-state index >= 15 is 0 Å². The second kappa shape index (κ2) is 4.65. The smallest absolute Gasteiger partial charge is 0.166 e. The van der Waals surface area contributed by atoms with Crippen LogP contribution in [-0.4, -0.2) is 5.78 Å². The number of Topliss-reactive ketones (excluding diaryl/α,β-unsaturated/α-hetero) is 1. The first kappa shape index (κ1) is 12.2. The summed E-state index contributed by atoms with van der Waals surface area (Å²) in [5.41, 5.74) is 4.45. The lowest BCUT2D eigenvalue weighted by atomic mass is 9.97. The van der Waals surface area contributed by atoms with Crippen LogP contribution in [0.3, 0.4) is 0 Å². The summed E-state index contributed by atoms with van der Waals surface area (Å²) in [7, 11) is 0. The van der Waals surface area contributed by atoms with Gasteiger partial charge in [-0.25, -0.2) is 0 Å². The SMILES string of the molecule is Cc1ccc(C)c(C(=O)C2CC2c2ccccc2)c1. The van der Waals surface area contributed by atoms with Gasteiger partial charge in [0.2, 0.25) is 0 Å². The quantitative estimate of drug-likeness (QED) is 0.743. The maximum atomic E-state index is 12.6. The lowest BCUT2D eigenvalue weighted by Gasteiger charge is -2.06. The van der Waals surface area contributed by atoms with Gasteiger partial charge in [0.25, 0.3) is 0 Å². The molecule has 2 aromatic rings. The number of carbonyl (C=O) groups is 1. The number of benzene rings is 2. The minimum Gasteiger partial charge on any atom is -0.294 e. The summed E-state index contributed by atoms with van der Waals surface area (Å²) in [5.74, 6) is 0.923. The third kappa shape index (κ3) is 2.33. The molecule has 2 atom stereocenters. The van der Waals surface area contributed by atoms with E-state index < -0.39 is 0 Å². The Balaban J connectivity index is 1.82. The van der Waals surface area contributed by atoms with Gasteiger partial charge in [-0.3, -0.25) is 4.79 Å². The molecule has 0 spiro atoms. The maximum Gasteiger partial charge on any atom is 0.166 e. The number of rotatable bonds is 3. The van der Waals surface area contributed by atoms with Gasteiger partial charge in [0.15, 0.2) is 5.78 Å². The van der Waals surface area contributed by atoms with E-state index in [2.05, 4.69) is 18.2 Å². The Hall–Kier alpha value is -1.89. The molecular weight excluding hydrogens is 232 g/mol. The van der Waals surface area contributed by atoms with E-state index in [9.17, 15) is 4.79 Å². The highest BCUT2D eigenvalue weighted by molar-refractivity contribution is 6.01. The summed E-state index contributed by atoms with van der Waals surface area (Å²) < 4.78 is 0. The molecule has 19 heavy (non-hydrogen) atoms. The van der Waals surface area contributed by atoms with Crippen molar-refractivity contribution in [3.63, 3.8) is 0 Å². The fourth-order valence-corrected chi connectivity index (χ4v) is 2.75. The van der Waals surface area contributed by atoms with Crippen molar-refractivity contribution < 1.29 is 4.79 Å². The Morgan fingerprint density at radius 3 is 2.53 bits per heavy atom. The number of carbonyl (C=O) groups excluding carboxylic acids is 1. The van der Waals surface area contributed by atoms with Crippen molar-refractivity contribution in [2.24, 2.45) is 5.92 Å². The Morgan fingerprint density at radius 2 is 1.79 bits per heavy atom. The predicted molar refractivity (Wildman–Crippen MR) is 77.5 cm³/mol. The van der Waals surface area contributed by atoms with E-state index in [1.165, 1.54) is 5.56 Å². The molecular formula is C18H18O. The number of hydrogen-bond acceptors (Lipinski definition) is 1. The minimum absolute atomic E-state index is 0.183. The Labute approximate surface area is 114 Å². The van der Waals surface area contributed by atoms with Crippen LogP contribution in [0.5, 0.6) is 0 Å². The van der Waals surface area contributed by atoms with Crippen molar-refractivity contribution in [3.05, 3.63) is 70.8 Å². The molecule has 1 nitrogen and oxygen atoms in total. The van der Waals surface area contributed by atoms with E-state index in [0.29, 0.717) is 11.7 Å². The molecule has 0 heterocycles. The number of ketones is 1. The summed E-state index contributed by atoms with van der Waals surface area (Å²) in [6.07, 6.45) is 0.996. The van der Waals surface area contributed by atoms with Crippen LogP contribution in [-0.2, 0) is 0 Å². The Bertz CT molecular complexity index is 613. The largest absolute Gasteiger partial charge is 0.294 e. The molecule has 1 aliphatic carbocycles. The lowest BCUT2D eigenvalue weighted by molar-refractivity contribution is 0.0964. The molecule has 1 fully saturated rings. The molecule has 0 bridgehead atoms. The monoisotopic (exact) mass is 250 g/mol. The Morgan fingerprint density at radius 1 is 1.05 bits per heavy atom. The first-order valence-electron chi connectivity index (χ1n) is 6.83. The third-order valence-corrected chi connectivity index (χ3v) is 4.01. The van der Waals surface area contributed by atoms with Gasteiger partial charge in [-0.2, -0.15) is 0 Å². The molecule has 0 aromatic heterocycles. The van der Waals surface area contributed by atoms with Gasteiger partial charge in [-0.05, 0) is 43.4 Å². The van der Waals surface area contributed by atoms with E-state index in [0.717, 1.165) is 23.1 Å². The highest BCUT2D eigenvalue weighted by Crippen LogP contribution is 2.49. The van der Waals surface area contributed by atoms with Crippen LogP contribution in [0.4, 0.5) is 0 Å². The topological polar surface area (TPSA) is 17.1 Å². The molecule has 0 N–H and O–H groups in total. The van der Waals surface area contributed by atoms with Gasteiger partial charge in [-0.15, -0.1) is 0 Å². The van der Waals surface area contributed by atoms with Gasteiger partial charge in [0.05, 0.1) is 0 Å². The molecule has 0 aliphatic heterocycles. The lowest BCUT2D eigenvalue weighted by Crippen LogP contribution is -2.05. The van der Waals surface area contributed by atoms with Crippen LogP contribution in [0, 0.1) is 19.8 Å². The summed E-state index contributed by atoms with van der Waals surface area (Å²) >= 11 is 0. The standard InChI is InChI=1S/C18H18O/c1-12-8-9-13(2)15(10-12)18(19)17-11-16(17)14-6-4-3-5-7-14/h3-10,16-17H,11H2,1-2H3. The van der Waals surface area contributed by atoms with Crippen LogP contribution < -0.4 is 0 Å². The highest BCUT2D eigenvalue weighted by Gasteiger charge is 2.44. The highest BCUT2D eigenvalue weighted by atomic mass is 16.1. The summed E-state index contributed by atoms with van der Waals surface area (Å²) in [6.45, 7) is 4.06. The number of hydrogen-bond donors (Lipinski definition) is 0. The molecule has 3 rings (SSSR count). The number of aryl methyl sites for hydroxylation is 2. The van der Waals surface area contributed by atoms with Crippen LogP contribution >= 0.6 is 0 Å². The second-order valence-electron chi connectivity index (χ2n) is 5.54. The first-order valence-corrected chi connectivity index (χ1v) is 6.83. The predicted octanol–water partition coefficient (Wildman–Crippen LogP) is 4.29. The van der Waals surface area contributed by atoms with E-state index in [-0.39, 0.29) is 5.92 Å². The molecule has 1 heteroatoms. The summed E-state index contributed by atoms with van der Waals surface area (Å²) in [4.78, 5) is 12.6. The zero-order valence-corrected chi connectivity index (χ0v) is 11.4. The average molecular weight is 250 g/mol. The van der Waals surface area contributed by atoms with Gasteiger partial charge in [0, 0.05) is 11.5 Å². The van der Waals surface area contributed by atoms with Crippen LogP contribution in [0.15, 0.2) is 48.5 Å². The fourth-order valence-electron chi connectivity index (χ4n) is 2.75. The zero-order valence-electron chi connectivity index (χ0n) is 11.4. The first-order chi connectivity index (χ1) is 9.16. The zero-order chi connectivity index (χ0) is 13.4. The van der Waals surface area contributed by atoms with E-state index in [1.807, 2.05) is 44.2 Å². The van der Waals surface area contributed by atoms with Crippen molar-refractivity contribution in [1.29, 1.82) is 0 Å². The maximum absolute atomic E-state index is 12.6. The fraction of sp³-hybridized carbons (Fsp3) is 0.278. The molecule has 0 radical (unpaired) electrons. The van der Waals surface area contributed by atoms with Crippen molar-refractivity contribution in [1.82, 2.24) is 0 Å².